The summed E-state index contributed by atoms with van der Waals surface area (Å²) in [5, 5.41) is 0. The lowest BCUT2D eigenvalue weighted by atomic mass is 10.2. The number of Topliss-reactive ketones (excluding diaryl/α,β-unsaturated/α-hetero) is 1. The highest BCUT2D eigenvalue weighted by molar-refractivity contribution is 8.00. The molecule has 0 unspecified atom stereocenters. The van der Waals surface area contributed by atoms with Crippen LogP contribution in [0.25, 0.3) is 0 Å². The minimum atomic E-state index is 0.230. The van der Waals surface area contributed by atoms with Crippen LogP contribution in [0.15, 0.2) is 41.3 Å². The Hall–Kier alpha value is -1.06. The average molecular weight is 276 g/mol. The van der Waals surface area contributed by atoms with Gasteiger partial charge in [0.15, 0.2) is 5.78 Å². The van der Waals surface area contributed by atoms with E-state index < -0.39 is 0 Å². The smallest absolute Gasteiger partial charge is 0.182 e. The van der Waals surface area contributed by atoms with Crippen molar-refractivity contribution in [3.63, 3.8) is 0 Å². The Morgan fingerprint density at radius 2 is 2.00 bits per heavy atom. The third-order valence-corrected chi connectivity index (χ3v) is 5.18. The van der Waals surface area contributed by atoms with E-state index in [1.54, 1.807) is 23.1 Å². The first-order chi connectivity index (χ1) is 8.70. The molecule has 1 heterocycles. The van der Waals surface area contributed by atoms with Gasteiger partial charge in [0.1, 0.15) is 0 Å². The summed E-state index contributed by atoms with van der Waals surface area (Å²) in [6, 6.07) is 12.2. The summed E-state index contributed by atoms with van der Waals surface area (Å²) in [7, 11) is 0. The minimum absolute atomic E-state index is 0.230. The Morgan fingerprint density at radius 3 is 2.67 bits per heavy atom. The van der Waals surface area contributed by atoms with Gasteiger partial charge in [-0.15, -0.1) is 23.1 Å². The summed E-state index contributed by atoms with van der Waals surface area (Å²) in [4.78, 5) is 15.4. The molecule has 0 atom stereocenters. The Bertz CT molecular complexity index is 543. The lowest BCUT2D eigenvalue weighted by Gasteiger charge is -2.03. The fourth-order valence-corrected chi connectivity index (χ4v) is 3.54. The molecule has 3 heteroatoms. The second-order valence-corrected chi connectivity index (χ2v) is 6.28. The van der Waals surface area contributed by atoms with Crippen LogP contribution in [0.1, 0.15) is 27.0 Å². The maximum atomic E-state index is 12.0. The van der Waals surface area contributed by atoms with E-state index in [-0.39, 0.29) is 5.78 Å². The highest BCUT2D eigenvalue weighted by Crippen LogP contribution is 2.24. The molecule has 2 aromatic rings. The molecular formula is C15H16OS2. The first kappa shape index (κ1) is 13.4. The summed E-state index contributed by atoms with van der Waals surface area (Å²) in [5.41, 5.74) is 1.23. The predicted molar refractivity (Wildman–Crippen MR) is 79.9 cm³/mol. The maximum absolute atomic E-state index is 12.0. The average Bonchev–Trinajstić information content (AvgIpc) is 2.86. The van der Waals surface area contributed by atoms with Crippen LogP contribution in [0.2, 0.25) is 0 Å². The van der Waals surface area contributed by atoms with E-state index in [1.165, 1.54) is 15.3 Å². The van der Waals surface area contributed by atoms with Crippen molar-refractivity contribution < 1.29 is 4.79 Å². The van der Waals surface area contributed by atoms with Crippen LogP contribution in [0.5, 0.6) is 0 Å². The standard InChI is InChI=1S/C15H16OS2/c1-3-12-8-9-15(18-12)13(16)10-17-14-7-5-4-6-11(14)2/h4-9H,3,10H2,1-2H3. The molecule has 0 fully saturated rings. The third kappa shape index (κ3) is 3.24. The van der Waals surface area contributed by atoms with Gasteiger partial charge in [0.25, 0.3) is 0 Å². The molecule has 0 aliphatic carbocycles. The Kier molecular flexibility index (Phi) is 4.61. The molecule has 2 rings (SSSR count). The van der Waals surface area contributed by atoms with Gasteiger partial charge in [0, 0.05) is 9.77 Å². The summed E-state index contributed by atoms with van der Waals surface area (Å²) in [5.74, 6) is 0.752. The van der Waals surface area contributed by atoms with Gasteiger partial charge in [0.2, 0.25) is 0 Å². The van der Waals surface area contributed by atoms with Crippen molar-refractivity contribution in [1.29, 1.82) is 0 Å². The first-order valence-electron chi connectivity index (χ1n) is 6.01. The van der Waals surface area contributed by atoms with E-state index >= 15 is 0 Å². The van der Waals surface area contributed by atoms with Gasteiger partial charge in [-0.05, 0) is 37.1 Å². The molecule has 1 aromatic heterocycles. The van der Waals surface area contributed by atoms with E-state index in [9.17, 15) is 4.79 Å². The SMILES string of the molecule is CCc1ccc(C(=O)CSc2ccccc2C)s1. The number of hydrogen-bond donors (Lipinski definition) is 0. The maximum Gasteiger partial charge on any atom is 0.182 e. The number of carbonyl (C=O) groups is 1. The number of rotatable bonds is 5. The fraction of sp³-hybridized carbons (Fsp3) is 0.267. The Labute approximate surface area is 116 Å². The molecular weight excluding hydrogens is 260 g/mol. The number of thioether (sulfide) groups is 1. The number of thiophene rings is 1. The van der Waals surface area contributed by atoms with Gasteiger partial charge >= 0.3 is 0 Å². The van der Waals surface area contributed by atoms with Crippen molar-refractivity contribution in [3.05, 3.63) is 51.7 Å². The normalized spacial score (nSPS) is 10.6. The zero-order valence-corrected chi connectivity index (χ0v) is 12.2. The lowest BCUT2D eigenvalue weighted by Crippen LogP contribution is -1.99. The third-order valence-electron chi connectivity index (χ3n) is 2.74. The van der Waals surface area contributed by atoms with E-state index in [4.69, 9.17) is 0 Å². The molecule has 0 saturated heterocycles. The number of hydrogen-bond acceptors (Lipinski definition) is 3. The molecule has 18 heavy (non-hydrogen) atoms. The van der Waals surface area contributed by atoms with Crippen molar-refractivity contribution in [2.75, 3.05) is 5.75 Å². The Balaban J connectivity index is 1.98. The topological polar surface area (TPSA) is 17.1 Å². The summed E-state index contributed by atoms with van der Waals surface area (Å²) >= 11 is 3.24. The van der Waals surface area contributed by atoms with Gasteiger partial charge in [-0.1, -0.05) is 25.1 Å². The van der Waals surface area contributed by atoms with Crippen LogP contribution in [-0.2, 0) is 6.42 Å². The van der Waals surface area contributed by atoms with Gasteiger partial charge in [-0.2, -0.15) is 0 Å². The molecule has 0 aliphatic heterocycles. The first-order valence-corrected chi connectivity index (χ1v) is 7.81. The van der Waals surface area contributed by atoms with Crippen LogP contribution < -0.4 is 0 Å². The van der Waals surface area contributed by atoms with Gasteiger partial charge < -0.3 is 0 Å². The van der Waals surface area contributed by atoms with Gasteiger partial charge in [0.05, 0.1) is 10.6 Å². The van der Waals surface area contributed by atoms with E-state index in [1.807, 2.05) is 18.2 Å². The molecule has 94 valence electrons. The minimum Gasteiger partial charge on any atom is -0.292 e. The lowest BCUT2D eigenvalue weighted by molar-refractivity contribution is 0.102. The predicted octanol–water partition coefficient (Wildman–Crippen LogP) is 4.59. The second-order valence-electron chi connectivity index (χ2n) is 4.10. The Morgan fingerprint density at radius 1 is 1.22 bits per heavy atom. The fourth-order valence-electron chi connectivity index (χ4n) is 1.65. The van der Waals surface area contributed by atoms with Crippen LogP contribution in [0.3, 0.4) is 0 Å². The summed E-state index contributed by atoms with van der Waals surface area (Å²) in [6.45, 7) is 4.19. The van der Waals surface area contributed by atoms with E-state index in [0.717, 1.165) is 11.3 Å². The largest absolute Gasteiger partial charge is 0.292 e. The van der Waals surface area contributed by atoms with Gasteiger partial charge in [-0.3, -0.25) is 4.79 Å². The van der Waals surface area contributed by atoms with Gasteiger partial charge in [-0.25, -0.2) is 0 Å². The van der Waals surface area contributed by atoms with Crippen molar-refractivity contribution in [2.45, 2.75) is 25.2 Å². The quantitative estimate of drug-likeness (QED) is 0.586. The van der Waals surface area contributed by atoms with E-state index in [0.29, 0.717) is 5.75 Å². The molecule has 0 bridgehead atoms. The zero-order valence-electron chi connectivity index (χ0n) is 10.6. The van der Waals surface area contributed by atoms with Crippen LogP contribution in [0.4, 0.5) is 0 Å². The second kappa shape index (κ2) is 6.21. The van der Waals surface area contributed by atoms with Crippen molar-refractivity contribution in [2.24, 2.45) is 0 Å². The van der Waals surface area contributed by atoms with Crippen LogP contribution in [-0.4, -0.2) is 11.5 Å². The number of aryl methyl sites for hydroxylation is 2. The zero-order chi connectivity index (χ0) is 13.0. The molecule has 1 aromatic carbocycles. The van der Waals surface area contributed by atoms with Crippen LogP contribution in [0, 0.1) is 6.92 Å². The summed E-state index contributed by atoms with van der Waals surface area (Å²) < 4.78 is 0. The molecule has 1 nitrogen and oxygen atoms in total. The number of benzene rings is 1. The molecule has 0 aliphatic rings. The molecule has 0 spiro atoms. The van der Waals surface area contributed by atoms with E-state index in [2.05, 4.69) is 32.0 Å². The summed E-state index contributed by atoms with van der Waals surface area (Å²) in [6.07, 6.45) is 1.00. The highest BCUT2D eigenvalue weighted by atomic mass is 32.2. The van der Waals surface area contributed by atoms with Crippen molar-refractivity contribution in [1.82, 2.24) is 0 Å². The molecule has 0 saturated carbocycles. The molecule has 0 radical (unpaired) electrons. The van der Waals surface area contributed by atoms with Crippen LogP contribution >= 0.6 is 23.1 Å². The monoisotopic (exact) mass is 276 g/mol. The van der Waals surface area contributed by atoms with Crippen molar-refractivity contribution in [3.8, 4) is 0 Å². The molecule has 0 N–H and O–H groups in total. The number of ketones is 1. The highest BCUT2D eigenvalue weighted by Gasteiger charge is 2.10. The number of carbonyl (C=O) groups excluding carboxylic acids is 1. The molecule has 0 amide bonds. The van der Waals surface area contributed by atoms with Crippen molar-refractivity contribution >= 4 is 28.9 Å².